The first-order chi connectivity index (χ1) is 11.0. The van der Waals surface area contributed by atoms with Crippen LogP contribution in [0, 0.1) is 5.92 Å². The van der Waals surface area contributed by atoms with Crippen LogP contribution in [0.4, 0.5) is 0 Å². The van der Waals surface area contributed by atoms with Crippen LogP contribution in [0.3, 0.4) is 0 Å². The Morgan fingerprint density at radius 1 is 1.48 bits per heavy atom. The average molecular weight is 321 g/mol. The van der Waals surface area contributed by atoms with Crippen molar-refractivity contribution >= 4 is 5.91 Å². The lowest BCUT2D eigenvalue weighted by molar-refractivity contribution is -0.122. The Morgan fingerprint density at radius 2 is 2.30 bits per heavy atom. The fourth-order valence-corrected chi connectivity index (χ4v) is 3.54. The zero-order valence-electron chi connectivity index (χ0n) is 14.0. The molecule has 1 unspecified atom stereocenters. The first-order valence-corrected chi connectivity index (χ1v) is 8.67. The lowest BCUT2D eigenvalue weighted by atomic mass is 9.91. The van der Waals surface area contributed by atoms with Crippen molar-refractivity contribution in [3.8, 4) is 0 Å². The van der Waals surface area contributed by atoms with E-state index in [1.165, 1.54) is 0 Å². The number of likely N-dealkylation sites (tertiary alicyclic amines) is 1. The molecular formula is C17H27N3O3. The monoisotopic (exact) mass is 321 g/mol. The number of aliphatic hydroxyl groups excluding tert-OH is 1. The van der Waals surface area contributed by atoms with E-state index in [-0.39, 0.29) is 18.1 Å². The molecular weight excluding hydrogens is 294 g/mol. The number of β-amino-alcohol motifs (C(OH)–C–C–N with tert-alkyl or cyclic N) is 1. The second-order valence-electron chi connectivity index (χ2n) is 7.31. The van der Waals surface area contributed by atoms with E-state index in [1.807, 2.05) is 0 Å². The molecule has 0 aromatic carbocycles. The summed E-state index contributed by atoms with van der Waals surface area (Å²) < 4.78 is 5.49. The molecule has 1 fully saturated rings. The molecule has 3 rings (SSSR count). The summed E-state index contributed by atoms with van der Waals surface area (Å²) in [4.78, 5) is 14.2. The fraction of sp³-hybridized carbons (Fsp3) is 0.765. The number of fused-ring (bicyclic) bond motifs is 1. The number of aliphatic hydroxyl groups is 1. The number of carbonyl (C=O) groups excluding carboxylic acids is 1. The van der Waals surface area contributed by atoms with Gasteiger partial charge < -0.3 is 14.9 Å². The second kappa shape index (κ2) is 7.01. The molecule has 1 aliphatic heterocycles. The van der Waals surface area contributed by atoms with Crippen molar-refractivity contribution in [2.75, 3.05) is 13.1 Å². The first kappa shape index (κ1) is 16.5. The third-order valence-electron chi connectivity index (χ3n) is 4.70. The van der Waals surface area contributed by atoms with Gasteiger partial charge in [-0.3, -0.25) is 9.69 Å². The zero-order valence-corrected chi connectivity index (χ0v) is 14.0. The van der Waals surface area contributed by atoms with Crippen LogP contribution in [0.1, 0.15) is 50.1 Å². The van der Waals surface area contributed by atoms with E-state index in [1.54, 1.807) is 0 Å². The van der Waals surface area contributed by atoms with Crippen molar-refractivity contribution in [3.05, 3.63) is 17.0 Å². The van der Waals surface area contributed by atoms with Gasteiger partial charge in [-0.25, -0.2) is 0 Å². The Morgan fingerprint density at radius 3 is 3.00 bits per heavy atom. The van der Waals surface area contributed by atoms with E-state index >= 15 is 0 Å². The van der Waals surface area contributed by atoms with Crippen molar-refractivity contribution in [1.29, 1.82) is 0 Å². The Kier molecular flexibility index (Phi) is 5.02. The molecule has 1 aliphatic carbocycles. The minimum Gasteiger partial charge on any atom is -0.392 e. The number of aromatic nitrogens is 1. The first-order valence-electron chi connectivity index (χ1n) is 8.67. The Hall–Kier alpha value is -1.40. The van der Waals surface area contributed by atoms with E-state index in [0.717, 1.165) is 55.8 Å². The largest absolute Gasteiger partial charge is 0.392 e. The van der Waals surface area contributed by atoms with Crippen molar-refractivity contribution < 1.29 is 14.4 Å². The van der Waals surface area contributed by atoms with Gasteiger partial charge in [-0.2, -0.15) is 0 Å². The highest BCUT2D eigenvalue weighted by Gasteiger charge is 2.29. The van der Waals surface area contributed by atoms with Gasteiger partial charge in [-0.15, -0.1) is 0 Å². The van der Waals surface area contributed by atoms with Crippen LogP contribution in [0.25, 0.3) is 0 Å². The summed E-state index contributed by atoms with van der Waals surface area (Å²) in [7, 11) is 0. The number of carbonyl (C=O) groups is 1. The van der Waals surface area contributed by atoms with E-state index in [4.69, 9.17) is 4.52 Å². The van der Waals surface area contributed by atoms with E-state index in [2.05, 4.69) is 29.2 Å². The standard InChI is InChI=1S/C17H27N3O3/c1-11(2)7-17(22)18-12-3-4-16-14(8-12)15(19-23-16)10-20-6-5-13(21)9-20/h11-13,21H,3-10H2,1-2H3,(H,18,22)/t12?,13-/m1/s1. The smallest absolute Gasteiger partial charge is 0.220 e. The number of rotatable bonds is 5. The molecule has 128 valence electrons. The maximum atomic E-state index is 12.0. The second-order valence-corrected chi connectivity index (χ2v) is 7.31. The minimum absolute atomic E-state index is 0.133. The normalized spacial score (nSPS) is 24.9. The molecule has 6 heteroatoms. The van der Waals surface area contributed by atoms with Gasteiger partial charge >= 0.3 is 0 Å². The van der Waals surface area contributed by atoms with Gasteiger partial charge in [0.1, 0.15) is 11.5 Å². The van der Waals surface area contributed by atoms with Crippen molar-refractivity contribution in [3.63, 3.8) is 0 Å². The number of aryl methyl sites for hydroxylation is 1. The molecule has 1 saturated heterocycles. The maximum Gasteiger partial charge on any atom is 0.220 e. The highest BCUT2D eigenvalue weighted by atomic mass is 16.5. The van der Waals surface area contributed by atoms with E-state index in [0.29, 0.717) is 18.9 Å². The van der Waals surface area contributed by atoms with Crippen LogP contribution in [0.5, 0.6) is 0 Å². The highest BCUT2D eigenvalue weighted by molar-refractivity contribution is 5.76. The summed E-state index contributed by atoms with van der Waals surface area (Å²) in [6, 6.07) is 0.177. The number of hydrogen-bond donors (Lipinski definition) is 2. The molecule has 0 spiro atoms. The van der Waals surface area contributed by atoms with Gasteiger partial charge in [-0.05, 0) is 25.2 Å². The van der Waals surface area contributed by atoms with Gasteiger partial charge in [0.25, 0.3) is 0 Å². The summed E-state index contributed by atoms with van der Waals surface area (Å²) in [6.07, 6.45) is 3.72. The van der Waals surface area contributed by atoms with Crippen LogP contribution in [-0.2, 0) is 24.2 Å². The van der Waals surface area contributed by atoms with Gasteiger partial charge in [0.05, 0.1) is 6.10 Å². The molecule has 1 aromatic rings. The number of hydrogen-bond acceptors (Lipinski definition) is 5. The van der Waals surface area contributed by atoms with Crippen molar-refractivity contribution in [2.24, 2.45) is 5.92 Å². The molecule has 1 aromatic heterocycles. The molecule has 23 heavy (non-hydrogen) atoms. The van der Waals surface area contributed by atoms with Crippen LogP contribution in [0.2, 0.25) is 0 Å². The molecule has 2 aliphatic rings. The summed E-state index contributed by atoms with van der Waals surface area (Å²) in [5.41, 5.74) is 2.13. The molecule has 0 radical (unpaired) electrons. The third kappa shape index (κ3) is 4.12. The van der Waals surface area contributed by atoms with Gasteiger partial charge in [-0.1, -0.05) is 19.0 Å². The molecule has 2 atom stereocenters. The molecule has 2 heterocycles. The van der Waals surface area contributed by atoms with Gasteiger partial charge in [0.15, 0.2) is 0 Å². The quantitative estimate of drug-likeness (QED) is 0.853. The molecule has 1 amide bonds. The van der Waals surface area contributed by atoms with Crippen molar-refractivity contribution in [1.82, 2.24) is 15.4 Å². The van der Waals surface area contributed by atoms with Crippen LogP contribution in [0.15, 0.2) is 4.52 Å². The predicted molar refractivity (Wildman–Crippen MR) is 85.8 cm³/mol. The number of nitrogens with zero attached hydrogens (tertiary/aromatic N) is 2. The SMILES string of the molecule is CC(C)CC(=O)NC1CCc2onc(CN3CC[C@@H](O)C3)c2C1. The molecule has 2 N–H and O–H groups in total. The summed E-state index contributed by atoms with van der Waals surface area (Å²) >= 11 is 0. The molecule has 6 nitrogen and oxygen atoms in total. The lowest BCUT2D eigenvalue weighted by Gasteiger charge is -2.23. The molecule has 0 bridgehead atoms. The van der Waals surface area contributed by atoms with E-state index in [9.17, 15) is 9.90 Å². The summed E-state index contributed by atoms with van der Waals surface area (Å²) in [5, 5.41) is 17.0. The minimum atomic E-state index is -0.221. The topological polar surface area (TPSA) is 78.6 Å². The molecule has 0 saturated carbocycles. The lowest BCUT2D eigenvalue weighted by Crippen LogP contribution is -2.39. The summed E-state index contributed by atoms with van der Waals surface area (Å²) in [6.45, 7) is 6.44. The van der Waals surface area contributed by atoms with E-state index < -0.39 is 0 Å². The summed E-state index contributed by atoms with van der Waals surface area (Å²) in [5.74, 6) is 1.48. The highest BCUT2D eigenvalue weighted by Crippen LogP contribution is 2.26. The maximum absolute atomic E-state index is 12.0. The predicted octanol–water partition coefficient (Wildman–Crippen LogP) is 1.26. The van der Waals surface area contributed by atoms with Crippen LogP contribution >= 0.6 is 0 Å². The van der Waals surface area contributed by atoms with Crippen LogP contribution < -0.4 is 5.32 Å². The van der Waals surface area contributed by atoms with Gasteiger partial charge in [0, 0.05) is 44.1 Å². The average Bonchev–Trinajstić information content (AvgIpc) is 3.05. The van der Waals surface area contributed by atoms with Crippen molar-refractivity contribution in [2.45, 2.75) is 64.6 Å². The Bertz CT molecular complexity index is 555. The van der Waals surface area contributed by atoms with Crippen LogP contribution in [-0.4, -0.2) is 46.3 Å². The Labute approximate surface area is 137 Å². The number of amides is 1. The Balaban J connectivity index is 1.60. The zero-order chi connectivity index (χ0) is 16.4. The third-order valence-corrected chi connectivity index (χ3v) is 4.70. The van der Waals surface area contributed by atoms with Gasteiger partial charge in [0.2, 0.25) is 5.91 Å². The number of nitrogens with one attached hydrogen (secondary N) is 1. The fourth-order valence-electron chi connectivity index (χ4n) is 3.54.